The molecule has 3 rings (SSSR count). The molecule has 0 saturated carbocycles. The number of sulfonamides is 1. The average Bonchev–Trinajstić information content (AvgIpc) is 2.71. The Balaban J connectivity index is 2.10. The molecule has 3 aromatic carbocycles. The van der Waals surface area contributed by atoms with Crippen molar-refractivity contribution in [2.75, 3.05) is 6.26 Å². The first-order chi connectivity index (χ1) is 14.2. The van der Waals surface area contributed by atoms with Gasteiger partial charge < -0.3 is 0 Å². The molecule has 0 amide bonds. The van der Waals surface area contributed by atoms with Gasteiger partial charge in [0.05, 0.1) is 17.2 Å². The Bertz CT molecular complexity index is 1180. The van der Waals surface area contributed by atoms with Gasteiger partial charge >= 0.3 is 0 Å². The lowest BCUT2D eigenvalue weighted by molar-refractivity contribution is 0.175. The molecule has 8 heteroatoms. The van der Waals surface area contributed by atoms with Crippen LogP contribution in [0.4, 0.5) is 0 Å². The van der Waals surface area contributed by atoms with Gasteiger partial charge in [0.25, 0.3) is 10.1 Å². The van der Waals surface area contributed by atoms with Crippen LogP contribution in [0.5, 0.6) is 0 Å². The van der Waals surface area contributed by atoms with E-state index in [-0.39, 0.29) is 4.90 Å². The summed E-state index contributed by atoms with van der Waals surface area (Å²) in [5.41, 5.74) is 2.03. The highest BCUT2D eigenvalue weighted by Gasteiger charge is 2.33. The molecule has 2 unspecified atom stereocenters. The quantitative estimate of drug-likeness (QED) is 0.534. The number of aryl methyl sites for hydroxylation is 1. The van der Waals surface area contributed by atoms with E-state index in [1.165, 1.54) is 12.1 Å². The van der Waals surface area contributed by atoms with Crippen molar-refractivity contribution >= 4 is 20.1 Å². The van der Waals surface area contributed by atoms with Gasteiger partial charge in [-0.15, -0.1) is 0 Å². The third-order valence-corrected chi connectivity index (χ3v) is 6.50. The Kier molecular flexibility index (Phi) is 6.72. The SMILES string of the molecule is Cc1ccc(S(=O)(=O)NC(c2ccccc2)C(OS(C)(=O)=O)c2ccccc2)cc1. The monoisotopic (exact) mass is 445 g/mol. The summed E-state index contributed by atoms with van der Waals surface area (Å²) >= 11 is 0. The molecule has 0 spiro atoms. The molecule has 0 aliphatic carbocycles. The normalized spacial score (nSPS) is 14.2. The number of benzene rings is 3. The maximum atomic E-state index is 13.1. The largest absolute Gasteiger partial charge is 0.265 e. The lowest BCUT2D eigenvalue weighted by Gasteiger charge is -2.28. The van der Waals surface area contributed by atoms with E-state index >= 15 is 0 Å². The first-order valence-corrected chi connectivity index (χ1v) is 12.5. The Labute approximate surface area is 177 Å². The Morgan fingerprint density at radius 2 is 1.23 bits per heavy atom. The van der Waals surface area contributed by atoms with Gasteiger partial charge in [0.15, 0.2) is 0 Å². The van der Waals surface area contributed by atoms with Gasteiger partial charge in [-0.1, -0.05) is 78.4 Å². The fraction of sp³-hybridized carbons (Fsp3) is 0.182. The zero-order chi connectivity index (χ0) is 21.8. The summed E-state index contributed by atoms with van der Waals surface area (Å²) in [6.45, 7) is 1.86. The van der Waals surface area contributed by atoms with E-state index in [1.807, 2.05) is 6.92 Å². The molecule has 3 aromatic rings. The predicted molar refractivity (Wildman–Crippen MR) is 116 cm³/mol. The van der Waals surface area contributed by atoms with Crippen LogP contribution in [0.1, 0.15) is 28.8 Å². The van der Waals surface area contributed by atoms with Gasteiger partial charge in [0.1, 0.15) is 6.10 Å². The molecule has 158 valence electrons. The molecule has 0 saturated heterocycles. The van der Waals surface area contributed by atoms with Crippen LogP contribution in [0.2, 0.25) is 0 Å². The van der Waals surface area contributed by atoms with Crippen LogP contribution in [0.15, 0.2) is 89.8 Å². The Hall–Kier alpha value is -2.52. The molecular weight excluding hydrogens is 422 g/mol. The summed E-state index contributed by atoms with van der Waals surface area (Å²) in [7, 11) is -7.84. The fourth-order valence-corrected chi connectivity index (χ4v) is 4.88. The summed E-state index contributed by atoms with van der Waals surface area (Å²) in [4.78, 5) is 0.0835. The summed E-state index contributed by atoms with van der Waals surface area (Å²) < 4.78 is 58.3. The van der Waals surface area contributed by atoms with Gasteiger partial charge in [-0.2, -0.15) is 8.42 Å². The van der Waals surface area contributed by atoms with E-state index in [4.69, 9.17) is 4.18 Å². The minimum atomic E-state index is -3.96. The molecule has 0 aliphatic rings. The van der Waals surface area contributed by atoms with E-state index in [0.717, 1.165) is 11.8 Å². The van der Waals surface area contributed by atoms with Crippen LogP contribution >= 0.6 is 0 Å². The number of hydrogen-bond donors (Lipinski definition) is 1. The fourth-order valence-electron chi connectivity index (χ4n) is 3.05. The van der Waals surface area contributed by atoms with Crippen LogP contribution in [0.25, 0.3) is 0 Å². The second-order valence-electron chi connectivity index (χ2n) is 6.95. The topological polar surface area (TPSA) is 89.5 Å². The zero-order valence-corrected chi connectivity index (χ0v) is 18.2. The predicted octanol–water partition coefficient (Wildman–Crippen LogP) is 3.73. The third-order valence-electron chi connectivity index (χ3n) is 4.48. The van der Waals surface area contributed by atoms with Crippen LogP contribution in [0.3, 0.4) is 0 Å². The number of hydrogen-bond acceptors (Lipinski definition) is 5. The second kappa shape index (κ2) is 9.09. The number of rotatable bonds is 8. The van der Waals surface area contributed by atoms with Gasteiger partial charge in [-0.25, -0.2) is 13.1 Å². The van der Waals surface area contributed by atoms with Gasteiger partial charge in [-0.3, -0.25) is 4.18 Å². The lowest BCUT2D eigenvalue weighted by Crippen LogP contribution is -2.34. The summed E-state index contributed by atoms with van der Waals surface area (Å²) in [6, 6.07) is 22.9. The molecule has 1 N–H and O–H groups in total. The maximum absolute atomic E-state index is 13.1. The lowest BCUT2D eigenvalue weighted by atomic mass is 9.97. The van der Waals surface area contributed by atoms with E-state index in [1.54, 1.807) is 72.8 Å². The molecule has 0 heterocycles. The van der Waals surface area contributed by atoms with E-state index in [9.17, 15) is 16.8 Å². The highest BCUT2D eigenvalue weighted by molar-refractivity contribution is 7.89. The molecule has 0 aromatic heterocycles. The summed E-state index contributed by atoms with van der Waals surface area (Å²) in [6.07, 6.45) is -0.150. The zero-order valence-electron chi connectivity index (χ0n) is 16.6. The van der Waals surface area contributed by atoms with E-state index in [0.29, 0.717) is 11.1 Å². The Morgan fingerprint density at radius 1 is 0.733 bits per heavy atom. The van der Waals surface area contributed by atoms with Gasteiger partial charge in [0, 0.05) is 0 Å². The van der Waals surface area contributed by atoms with Crippen molar-refractivity contribution in [1.82, 2.24) is 4.72 Å². The summed E-state index contributed by atoms with van der Waals surface area (Å²) in [5.74, 6) is 0. The highest BCUT2D eigenvalue weighted by Crippen LogP contribution is 2.34. The van der Waals surface area contributed by atoms with Crippen LogP contribution in [0, 0.1) is 6.92 Å². The van der Waals surface area contributed by atoms with Crippen molar-refractivity contribution in [2.45, 2.75) is 24.0 Å². The standard InChI is InChI=1S/C22H23NO5S2/c1-17-13-15-20(16-14-17)30(26,27)23-21(18-9-5-3-6-10-18)22(28-29(2,24)25)19-11-7-4-8-12-19/h3-16,21-23H,1-2H3. The van der Waals surface area contributed by atoms with Crippen LogP contribution in [-0.2, 0) is 24.3 Å². The molecule has 30 heavy (non-hydrogen) atoms. The molecule has 0 fully saturated rings. The van der Waals surface area contributed by atoms with Gasteiger partial charge in [0.2, 0.25) is 10.0 Å². The first-order valence-electron chi connectivity index (χ1n) is 9.23. The van der Waals surface area contributed by atoms with Crippen LogP contribution < -0.4 is 4.72 Å². The van der Waals surface area contributed by atoms with Crippen molar-refractivity contribution in [1.29, 1.82) is 0 Å². The molecule has 0 aliphatic heterocycles. The first kappa shape index (κ1) is 22.2. The van der Waals surface area contributed by atoms with E-state index < -0.39 is 32.3 Å². The molecule has 2 atom stereocenters. The third kappa shape index (κ3) is 5.76. The summed E-state index contributed by atoms with van der Waals surface area (Å²) in [5, 5.41) is 0. The second-order valence-corrected chi connectivity index (χ2v) is 10.3. The van der Waals surface area contributed by atoms with Gasteiger partial charge in [-0.05, 0) is 30.2 Å². The van der Waals surface area contributed by atoms with Crippen molar-refractivity contribution < 1.29 is 21.0 Å². The van der Waals surface area contributed by atoms with Crippen molar-refractivity contribution in [3.05, 3.63) is 102 Å². The molecule has 6 nitrogen and oxygen atoms in total. The van der Waals surface area contributed by atoms with Crippen molar-refractivity contribution in [3.63, 3.8) is 0 Å². The van der Waals surface area contributed by atoms with Crippen LogP contribution in [-0.4, -0.2) is 23.1 Å². The minimum absolute atomic E-state index is 0.0835. The maximum Gasteiger partial charge on any atom is 0.265 e. The van der Waals surface area contributed by atoms with Crippen molar-refractivity contribution in [3.8, 4) is 0 Å². The molecule has 0 radical (unpaired) electrons. The minimum Gasteiger partial charge on any atom is -0.260 e. The molecule has 0 bridgehead atoms. The number of nitrogens with one attached hydrogen (secondary N) is 1. The van der Waals surface area contributed by atoms with Crippen molar-refractivity contribution in [2.24, 2.45) is 0 Å². The smallest absolute Gasteiger partial charge is 0.260 e. The van der Waals surface area contributed by atoms with E-state index in [2.05, 4.69) is 4.72 Å². The highest BCUT2D eigenvalue weighted by atomic mass is 32.2. The average molecular weight is 446 g/mol. The molecular formula is C22H23NO5S2. The Morgan fingerprint density at radius 3 is 1.73 bits per heavy atom.